The Morgan fingerprint density at radius 2 is 1.78 bits per heavy atom. The normalized spacial score (nSPS) is 9.00. The number of Topliss-reactive ketones (excluding diaryl/α,β-unsaturated/α-hetero) is 1. The minimum Gasteiger partial charge on any atom is -0.293 e. The first-order valence-electron chi connectivity index (χ1n) is 2.61. The van der Waals surface area contributed by atoms with Crippen LogP contribution in [0.5, 0.6) is 0 Å². The number of rotatable bonds is 1. The Balaban J connectivity index is 2.98. The molecule has 0 fully saturated rings. The lowest BCUT2D eigenvalue weighted by Gasteiger charge is -1.88. The molecule has 0 saturated heterocycles. The van der Waals surface area contributed by atoms with Crippen LogP contribution >= 0.6 is 0 Å². The van der Waals surface area contributed by atoms with Crippen molar-refractivity contribution in [1.82, 2.24) is 0 Å². The molecule has 1 nitrogen and oxygen atoms in total. The molecule has 0 aliphatic rings. The smallest absolute Gasteiger partial charge is 0.172 e. The molecule has 9 heavy (non-hydrogen) atoms. The standard InChI is InChI=1S/C8H5O/c1-7(9)8-5-3-2-4-6-8/h2-6H. The van der Waals surface area contributed by atoms with Gasteiger partial charge in [0.15, 0.2) is 5.78 Å². The first-order chi connectivity index (χ1) is 4.30. The van der Waals surface area contributed by atoms with Crippen molar-refractivity contribution in [1.29, 1.82) is 0 Å². The van der Waals surface area contributed by atoms with Crippen molar-refractivity contribution in [2.75, 3.05) is 0 Å². The van der Waals surface area contributed by atoms with Gasteiger partial charge in [0.1, 0.15) is 0 Å². The van der Waals surface area contributed by atoms with Gasteiger partial charge >= 0.3 is 0 Å². The van der Waals surface area contributed by atoms with Crippen LogP contribution in [-0.4, -0.2) is 5.78 Å². The van der Waals surface area contributed by atoms with Gasteiger partial charge in [0.05, 0.1) is 6.92 Å². The second-order valence-corrected chi connectivity index (χ2v) is 1.70. The molecule has 0 heterocycles. The number of hydrogen-bond acceptors (Lipinski definition) is 1. The summed E-state index contributed by atoms with van der Waals surface area (Å²) in [5, 5.41) is 0. The number of benzene rings is 1. The maximum absolute atomic E-state index is 10.3. The van der Waals surface area contributed by atoms with Gasteiger partial charge in [-0.3, -0.25) is 4.79 Å². The second kappa shape index (κ2) is 2.44. The summed E-state index contributed by atoms with van der Waals surface area (Å²) in [4.78, 5) is 10.3. The topological polar surface area (TPSA) is 17.1 Å². The van der Waals surface area contributed by atoms with E-state index < -0.39 is 5.78 Å². The van der Waals surface area contributed by atoms with E-state index in [2.05, 4.69) is 0 Å². The fraction of sp³-hybridized carbons (Fsp3) is 0. The van der Waals surface area contributed by atoms with E-state index in [0.29, 0.717) is 5.56 Å². The van der Waals surface area contributed by atoms with Crippen LogP contribution in [0.15, 0.2) is 30.3 Å². The molecule has 1 rings (SSSR count). The fourth-order valence-corrected chi connectivity index (χ4v) is 0.590. The van der Waals surface area contributed by atoms with Gasteiger partial charge in [-0.2, -0.15) is 0 Å². The highest BCUT2D eigenvalue weighted by Crippen LogP contribution is 1.97. The molecule has 0 saturated carbocycles. The molecule has 1 aromatic carbocycles. The van der Waals surface area contributed by atoms with Crippen molar-refractivity contribution in [3.8, 4) is 0 Å². The quantitative estimate of drug-likeness (QED) is 0.509. The Hall–Kier alpha value is -1.11. The maximum Gasteiger partial charge on any atom is 0.172 e. The van der Waals surface area contributed by atoms with Crippen LogP contribution in [0, 0.1) is 6.92 Å². The lowest BCUT2D eigenvalue weighted by molar-refractivity contribution is 0.104. The average molecular weight is 117 g/mol. The summed E-state index contributed by atoms with van der Waals surface area (Å²) >= 11 is 0. The molecular weight excluding hydrogens is 112 g/mol. The Kier molecular flexibility index (Phi) is 1.63. The number of hydrogen-bond donors (Lipinski definition) is 0. The summed E-state index contributed by atoms with van der Waals surface area (Å²) < 4.78 is 0. The molecule has 0 N–H and O–H groups in total. The fourth-order valence-electron chi connectivity index (χ4n) is 0.590. The molecule has 1 aromatic rings. The number of carbonyl (C=O) groups excluding carboxylic acids is 1. The van der Waals surface area contributed by atoms with Gasteiger partial charge in [-0.05, 0) is 0 Å². The molecule has 0 bridgehead atoms. The highest BCUT2D eigenvalue weighted by Gasteiger charge is 1.93. The van der Waals surface area contributed by atoms with Crippen molar-refractivity contribution in [3.63, 3.8) is 0 Å². The molecule has 43 valence electrons. The van der Waals surface area contributed by atoms with E-state index in [-0.39, 0.29) is 0 Å². The van der Waals surface area contributed by atoms with Crippen molar-refractivity contribution in [2.24, 2.45) is 0 Å². The lowest BCUT2D eigenvalue weighted by Crippen LogP contribution is -1.89. The largest absolute Gasteiger partial charge is 0.293 e. The summed E-state index contributed by atoms with van der Waals surface area (Å²) in [6.45, 7) is 6.68. The SMILES string of the molecule is [C]C(=O)c1ccccc1. The van der Waals surface area contributed by atoms with Crippen LogP contribution in [0.3, 0.4) is 0 Å². The zero-order valence-corrected chi connectivity index (χ0v) is 4.79. The third kappa shape index (κ3) is 1.39. The van der Waals surface area contributed by atoms with E-state index >= 15 is 0 Å². The minimum absolute atomic E-state index is 0.442. The van der Waals surface area contributed by atoms with Crippen molar-refractivity contribution in [2.45, 2.75) is 0 Å². The highest BCUT2D eigenvalue weighted by atomic mass is 16.1. The third-order valence-corrected chi connectivity index (χ3v) is 1.04. The van der Waals surface area contributed by atoms with E-state index in [9.17, 15) is 4.79 Å². The summed E-state index contributed by atoms with van der Waals surface area (Å²) in [5.41, 5.74) is 0.442. The van der Waals surface area contributed by atoms with Crippen LogP contribution < -0.4 is 0 Å². The maximum atomic E-state index is 10.3. The van der Waals surface area contributed by atoms with Gasteiger partial charge in [-0.1, -0.05) is 30.3 Å². The zero-order chi connectivity index (χ0) is 6.69. The van der Waals surface area contributed by atoms with E-state index in [0.717, 1.165) is 0 Å². The molecule has 0 atom stereocenters. The van der Waals surface area contributed by atoms with Crippen molar-refractivity contribution in [3.05, 3.63) is 42.8 Å². The van der Waals surface area contributed by atoms with Gasteiger partial charge in [0.2, 0.25) is 0 Å². The Morgan fingerprint density at radius 1 is 1.22 bits per heavy atom. The Morgan fingerprint density at radius 3 is 2.11 bits per heavy atom. The van der Waals surface area contributed by atoms with E-state index in [1.165, 1.54) is 0 Å². The molecule has 0 unspecified atom stereocenters. The van der Waals surface area contributed by atoms with Gasteiger partial charge in [-0.25, -0.2) is 0 Å². The van der Waals surface area contributed by atoms with Crippen LogP contribution in [0.25, 0.3) is 0 Å². The predicted molar refractivity (Wildman–Crippen MR) is 34.0 cm³/mol. The van der Waals surface area contributed by atoms with E-state index in [1.54, 1.807) is 24.3 Å². The summed E-state index contributed by atoms with van der Waals surface area (Å²) in [5.74, 6) is -0.629. The summed E-state index contributed by atoms with van der Waals surface area (Å²) in [6.07, 6.45) is 0. The minimum atomic E-state index is -0.629. The van der Waals surface area contributed by atoms with Crippen LogP contribution in [0.1, 0.15) is 10.4 Å². The molecule has 0 aliphatic carbocycles. The van der Waals surface area contributed by atoms with Gasteiger partial charge in [0, 0.05) is 5.56 Å². The number of ketones is 1. The second-order valence-electron chi connectivity index (χ2n) is 1.70. The molecule has 1 heteroatoms. The zero-order valence-electron chi connectivity index (χ0n) is 4.79. The van der Waals surface area contributed by atoms with Gasteiger partial charge in [0.25, 0.3) is 0 Å². The lowest BCUT2D eigenvalue weighted by atomic mass is 10.2. The Bertz CT molecular complexity index is 201. The molecule has 0 amide bonds. The molecule has 3 radical (unpaired) electrons. The molecule has 0 spiro atoms. The summed E-state index contributed by atoms with van der Waals surface area (Å²) in [7, 11) is 0. The van der Waals surface area contributed by atoms with Gasteiger partial charge in [-0.15, -0.1) is 0 Å². The van der Waals surface area contributed by atoms with Crippen LogP contribution in [0.2, 0.25) is 0 Å². The van der Waals surface area contributed by atoms with Crippen molar-refractivity contribution < 1.29 is 4.79 Å². The monoisotopic (exact) mass is 117 g/mol. The Labute approximate surface area is 54.3 Å². The predicted octanol–water partition coefficient (Wildman–Crippen LogP) is 1.46. The van der Waals surface area contributed by atoms with Gasteiger partial charge < -0.3 is 0 Å². The average Bonchev–Trinajstić information content (AvgIpc) is 1.90. The summed E-state index contributed by atoms with van der Waals surface area (Å²) in [6, 6.07) is 8.53. The van der Waals surface area contributed by atoms with E-state index in [4.69, 9.17) is 6.92 Å². The molecule has 0 aromatic heterocycles. The van der Waals surface area contributed by atoms with Crippen LogP contribution in [-0.2, 0) is 0 Å². The first kappa shape index (κ1) is 6.02. The number of carbonyl (C=O) groups is 1. The highest BCUT2D eigenvalue weighted by molar-refractivity contribution is 5.99. The molecule has 0 aliphatic heterocycles. The third-order valence-electron chi connectivity index (χ3n) is 1.04. The van der Waals surface area contributed by atoms with Crippen LogP contribution in [0.4, 0.5) is 0 Å². The first-order valence-corrected chi connectivity index (χ1v) is 2.61. The van der Waals surface area contributed by atoms with E-state index in [1.807, 2.05) is 6.07 Å². The van der Waals surface area contributed by atoms with Crippen molar-refractivity contribution >= 4 is 5.78 Å². The molecular formula is C8H5O.